The van der Waals surface area contributed by atoms with Crippen molar-refractivity contribution in [3.63, 3.8) is 0 Å². The van der Waals surface area contributed by atoms with E-state index < -0.39 is 0 Å². The molecule has 2 heteroatoms. The second-order valence-electron chi connectivity index (χ2n) is 4.95. The van der Waals surface area contributed by atoms with Gasteiger partial charge in [0.2, 0.25) is 5.91 Å². The smallest absolute Gasteiger partial charge is 0.223 e. The van der Waals surface area contributed by atoms with Crippen LogP contribution in [-0.4, -0.2) is 5.91 Å². The lowest BCUT2D eigenvalue weighted by molar-refractivity contribution is -0.124. The van der Waals surface area contributed by atoms with Crippen LogP contribution < -0.4 is 5.32 Å². The summed E-state index contributed by atoms with van der Waals surface area (Å²) >= 11 is 0. The number of hydrogen-bond acceptors (Lipinski definition) is 1. The van der Waals surface area contributed by atoms with Gasteiger partial charge in [-0.25, -0.2) is 0 Å². The SMILES string of the molecule is CC(C)C(=O)N[C@@H](C)c1cccc2ccccc12. The molecule has 0 heterocycles. The summed E-state index contributed by atoms with van der Waals surface area (Å²) in [6, 6.07) is 14.5. The number of fused-ring (bicyclic) bond motifs is 1. The predicted octanol–water partition coefficient (Wildman–Crippen LogP) is 3.67. The summed E-state index contributed by atoms with van der Waals surface area (Å²) in [5, 5.41) is 5.46. The summed E-state index contributed by atoms with van der Waals surface area (Å²) in [6.07, 6.45) is 0. The Balaban J connectivity index is 2.33. The van der Waals surface area contributed by atoms with Crippen LogP contribution in [0, 0.1) is 5.92 Å². The van der Waals surface area contributed by atoms with Crippen molar-refractivity contribution in [2.45, 2.75) is 26.8 Å². The van der Waals surface area contributed by atoms with Crippen LogP contribution >= 0.6 is 0 Å². The molecule has 0 saturated carbocycles. The molecule has 0 fully saturated rings. The lowest BCUT2D eigenvalue weighted by Gasteiger charge is -2.18. The third kappa shape index (κ3) is 2.53. The zero-order valence-corrected chi connectivity index (χ0v) is 11.1. The fraction of sp³-hybridized carbons (Fsp3) is 0.312. The molecule has 1 atom stereocenters. The number of carbonyl (C=O) groups excluding carboxylic acids is 1. The molecule has 0 aromatic heterocycles. The molecule has 0 spiro atoms. The first-order chi connectivity index (χ1) is 8.59. The van der Waals surface area contributed by atoms with Gasteiger partial charge in [-0.2, -0.15) is 0 Å². The Kier molecular flexibility index (Phi) is 3.66. The minimum absolute atomic E-state index is 0.0161. The number of carbonyl (C=O) groups is 1. The number of hydrogen-bond donors (Lipinski definition) is 1. The van der Waals surface area contributed by atoms with Gasteiger partial charge in [0.05, 0.1) is 6.04 Å². The van der Waals surface area contributed by atoms with Gasteiger partial charge in [0.1, 0.15) is 0 Å². The molecule has 2 rings (SSSR count). The monoisotopic (exact) mass is 241 g/mol. The summed E-state index contributed by atoms with van der Waals surface area (Å²) in [4.78, 5) is 11.8. The molecule has 94 valence electrons. The number of nitrogens with one attached hydrogen (secondary N) is 1. The Hall–Kier alpha value is -1.83. The van der Waals surface area contributed by atoms with Crippen LogP contribution in [-0.2, 0) is 4.79 Å². The van der Waals surface area contributed by atoms with E-state index in [4.69, 9.17) is 0 Å². The van der Waals surface area contributed by atoms with Crippen LogP contribution in [0.25, 0.3) is 10.8 Å². The maximum absolute atomic E-state index is 11.8. The zero-order chi connectivity index (χ0) is 13.1. The second kappa shape index (κ2) is 5.21. The highest BCUT2D eigenvalue weighted by molar-refractivity contribution is 5.87. The lowest BCUT2D eigenvalue weighted by Crippen LogP contribution is -2.30. The Morgan fingerprint density at radius 2 is 1.67 bits per heavy atom. The molecule has 18 heavy (non-hydrogen) atoms. The Labute approximate surface area is 108 Å². The lowest BCUT2D eigenvalue weighted by atomic mass is 9.99. The summed E-state index contributed by atoms with van der Waals surface area (Å²) in [5.74, 6) is 0.109. The molecule has 2 aromatic carbocycles. The third-order valence-electron chi connectivity index (χ3n) is 3.17. The zero-order valence-electron chi connectivity index (χ0n) is 11.1. The first-order valence-corrected chi connectivity index (χ1v) is 6.37. The van der Waals surface area contributed by atoms with Crippen LogP contribution in [0.5, 0.6) is 0 Å². The highest BCUT2D eigenvalue weighted by atomic mass is 16.1. The van der Waals surface area contributed by atoms with Crippen molar-refractivity contribution >= 4 is 16.7 Å². The van der Waals surface area contributed by atoms with Gasteiger partial charge < -0.3 is 5.32 Å². The van der Waals surface area contributed by atoms with E-state index in [9.17, 15) is 4.79 Å². The molecule has 2 aromatic rings. The maximum Gasteiger partial charge on any atom is 0.223 e. The molecular formula is C16H19NO. The van der Waals surface area contributed by atoms with Gasteiger partial charge in [0.15, 0.2) is 0 Å². The molecule has 1 amide bonds. The molecule has 0 aliphatic heterocycles. The van der Waals surface area contributed by atoms with Crippen molar-refractivity contribution < 1.29 is 4.79 Å². The number of amides is 1. The van der Waals surface area contributed by atoms with E-state index in [0.29, 0.717) is 0 Å². The van der Waals surface area contributed by atoms with E-state index in [0.717, 1.165) is 0 Å². The van der Waals surface area contributed by atoms with E-state index in [2.05, 4.69) is 29.6 Å². The Morgan fingerprint density at radius 3 is 2.39 bits per heavy atom. The van der Waals surface area contributed by atoms with Crippen molar-refractivity contribution in [2.24, 2.45) is 5.92 Å². The molecule has 0 saturated heterocycles. The van der Waals surface area contributed by atoms with E-state index in [1.807, 2.05) is 39.0 Å². The van der Waals surface area contributed by atoms with Crippen molar-refractivity contribution in [2.75, 3.05) is 0 Å². The summed E-state index contributed by atoms with van der Waals surface area (Å²) in [5.41, 5.74) is 1.17. The van der Waals surface area contributed by atoms with Crippen LogP contribution in [0.3, 0.4) is 0 Å². The Bertz CT molecular complexity index is 555. The molecule has 0 aliphatic rings. The fourth-order valence-corrected chi connectivity index (χ4v) is 2.09. The third-order valence-corrected chi connectivity index (χ3v) is 3.17. The molecule has 0 aliphatic carbocycles. The minimum Gasteiger partial charge on any atom is -0.349 e. The van der Waals surface area contributed by atoms with Crippen LogP contribution in [0.15, 0.2) is 42.5 Å². The van der Waals surface area contributed by atoms with Crippen molar-refractivity contribution in [3.05, 3.63) is 48.0 Å². The Morgan fingerprint density at radius 1 is 1.00 bits per heavy atom. The second-order valence-corrected chi connectivity index (χ2v) is 4.95. The first-order valence-electron chi connectivity index (χ1n) is 6.37. The quantitative estimate of drug-likeness (QED) is 0.872. The topological polar surface area (TPSA) is 29.1 Å². The fourth-order valence-electron chi connectivity index (χ4n) is 2.09. The van der Waals surface area contributed by atoms with E-state index >= 15 is 0 Å². The summed E-state index contributed by atoms with van der Waals surface area (Å²) in [6.45, 7) is 5.85. The van der Waals surface area contributed by atoms with E-state index in [1.165, 1.54) is 16.3 Å². The molecule has 1 N–H and O–H groups in total. The number of rotatable bonds is 3. The largest absolute Gasteiger partial charge is 0.349 e. The van der Waals surface area contributed by atoms with Gasteiger partial charge in [-0.15, -0.1) is 0 Å². The average molecular weight is 241 g/mol. The van der Waals surface area contributed by atoms with Crippen LogP contribution in [0.4, 0.5) is 0 Å². The molecule has 2 nitrogen and oxygen atoms in total. The highest BCUT2D eigenvalue weighted by Crippen LogP contribution is 2.24. The average Bonchev–Trinajstić information content (AvgIpc) is 2.37. The van der Waals surface area contributed by atoms with Gasteiger partial charge in [-0.05, 0) is 23.3 Å². The van der Waals surface area contributed by atoms with Crippen molar-refractivity contribution in [1.29, 1.82) is 0 Å². The van der Waals surface area contributed by atoms with Gasteiger partial charge >= 0.3 is 0 Å². The van der Waals surface area contributed by atoms with Gasteiger partial charge in [0.25, 0.3) is 0 Å². The highest BCUT2D eigenvalue weighted by Gasteiger charge is 2.13. The number of benzene rings is 2. The van der Waals surface area contributed by atoms with E-state index in [-0.39, 0.29) is 17.9 Å². The standard InChI is InChI=1S/C16H19NO/c1-11(2)16(18)17-12(3)14-10-6-8-13-7-4-5-9-15(13)14/h4-12H,1-3H3,(H,17,18)/t12-/m0/s1. The normalized spacial score (nSPS) is 12.7. The van der Waals surface area contributed by atoms with E-state index in [1.54, 1.807) is 0 Å². The summed E-state index contributed by atoms with van der Waals surface area (Å²) < 4.78 is 0. The van der Waals surface area contributed by atoms with Crippen LogP contribution in [0.1, 0.15) is 32.4 Å². The molecular weight excluding hydrogens is 222 g/mol. The molecule has 0 bridgehead atoms. The van der Waals surface area contributed by atoms with Gasteiger partial charge in [0, 0.05) is 5.92 Å². The first kappa shape index (κ1) is 12.6. The minimum atomic E-state index is 0.0161. The maximum atomic E-state index is 11.8. The molecule has 0 radical (unpaired) electrons. The summed E-state index contributed by atoms with van der Waals surface area (Å²) in [7, 11) is 0. The molecule has 0 unspecified atom stereocenters. The van der Waals surface area contributed by atoms with Gasteiger partial charge in [-0.3, -0.25) is 4.79 Å². The van der Waals surface area contributed by atoms with Gasteiger partial charge in [-0.1, -0.05) is 56.3 Å². The van der Waals surface area contributed by atoms with Crippen molar-refractivity contribution in [3.8, 4) is 0 Å². The van der Waals surface area contributed by atoms with Crippen molar-refractivity contribution in [1.82, 2.24) is 5.32 Å². The van der Waals surface area contributed by atoms with Crippen LogP contribution in [0.2, 0.25) is 0 Å². The predicted molar refractivity (Wildman–Crippen MR) is 75.3 cm³/mol.